The molecule has 1 atom stereocenters. The van der Waals surface area contributed by atoms with Gasteiger partial charge in [0.25, 0.3) is 0 Å². The Balaban J connectivity index is 2.36. The molecule has 1 heterocycles. The number of carbonyl (C=O) groups excluding carboxylic acids is 1. The van der Waals surface area contributed by atoms with Gasteiger partial charge in [-0.3, -0.25) is 4.79 Å². The zero-order valence-corrected chi connectivity index (χ0v) is 14.3. The van der Waals surface area contributed by atoms with Crippen molar-refractivity contribution >= 4 is 22.9 Å². The number of aromatic amines is 1. The third kappa shape index (κ3) is 3.87. The highest BCUT2D eigenvalue weighted by molar-refractivity contribution is 6.03. The van der Waals surface area contributed by atoms with Crippen molar-refractivity contribution < 1.29 is 9.18 Å². The van der Waals surface area contributed by atoms with Crippen molar-refractivity contribution in [2.45, 2.75) is 47.0 Å². The molecule has 0 aliphatic heterocycles. The second-order valence-electron chi connectivity index (χ2n) is 7.76. The first-order chi connectivity index (χ1) is 10.7. The van der Waals surface area contributed by atoms with Crippen LogP contribution in [0.5, 0.6) is 0 Å². The van der Waals surface area contributed by atoms with Crippen LogP contribution >= 0.6 is 0 Å². The summed E-state index contributed by atoms with van der Waals surface area (Å²) in [6.07, 6.45) is 4.87. The lowest BCUT2D eigenvalue weighted by Crippen LogP contribution is -2.30. The Bertz CT molecular complexity index is 727. The Morgan fingerprint density at radius 3 is 2.57 bits per heavy atom. The zero-order chi connectivity index (χ0) is 17.3. The molecule has 0 spiro atoms. The van der Waals surface area contributed by atoms with Crippen molar-refractivity contribution in [2.75, 3.05) is 0 Å². The SMILES string of the molecule is CC(C)(C)CC[C@@](C)(CC=N)C(=O)c1cc(F)c2[nH]ccc2c1. The van der Waals surface area contributed by atoms with Gasteiger partial charge in [0.1, 0.15) is 5.82 Å². The number of nitrogens with one attached hydrogen (secondary N) is 2. The predicted octanol–water partition coefficient (Wildman–Crippen LogP) is 5.36. The standard InChI is InChI=1S/C19H25FN2O/c1-18(2,3)6-7-19(4,8-9-21)17(23)14-11-13-5-10-22-16(13)15(20)12-14/h5,9-12,21-22H,6-8H2,1-4H3/t19-/m0/s1. The van der Waals surface area contributed by atoms with Crippen LogP contribution < -0.4 is 0 Å². The molecular weight excluding hydrogens is 291 g/mol. The summed E-state index contributed by atoms with van der Waals surface area (Å²) in [5.74, 6) is -0.504. The third-order valence-electron chi connectivity index (χ3n) is 4.40. The average Bonchev–Trinajstić information content (AvgIpc) is 2.93. The van der Waals surface area contributed by atoms with E-state index in [1.807, 2.05) is 6.92 Å². The Labute approximate surface area is 136 Å². The lowest BCUT2D eigenvalue weighted by molar-refractivity contribution is 0.0793. The summed E-state index contributed by atoms with van der Waals surface area (Å²) < 4.78 is 14.2. The molecule has 4 heteroatoms. The number of hydrogen-bond donors (Lipinski definition) is 2. The van der Waals surface area contributed by atoms with Crippen molar-refractivity contribution in [1.82, 2.24) is 4.98 Å². The van der Waals surface area contributed by atoms with Gasteiger partial charge in [0.05, 0.1) is 5.52 Å². The van der Waals surface area contributed by atoms with E-state index in [2.05, 4.69) is 25.8 Å². The molecule has 0 amide bonds. The van der Waals surface area contributed by atoms with E-state index in [1.165, 1.54) is 12.3 Å². The van der Waals surface area contributed by atoms with Gasteiger partial charge in [0, 0.05) is 22.6 Å². The van der Waals surface area contributed by atoms with Gasteiger partial charge in [-0.2, -0.15) is 0 Å². The number of carbonyl (C=O) groups is 1. The maximum atomic E-state index is 14.2. The van der Waals surface area contributed by atoms with Crippen LogP contribution in [-0.4, -0.2) is 17.0 Å². The third-order valence-corrected chi connectivity index (χ3v) is 4.40. The quantitative estimate of drug-likeness (QED) is 0.547. The van der Waals surface area contributed by atoms with Crippen LogP contribution in [0.1, 0.15) is 57.3 Å². The van der Waals surface area contributed by atoms with E-state index in [1.54, 1.807) is 18.3 Å². The summed E-state index contributed by atoms with van der Waals surface area (Å²) in [5.41, 5.74) is 0.239. The maximum absolute atomic E-state index is 14.2. The van der Waals surface area contributed by atoms with Gasteiger partial charge in [-0.1, -0.05) is 27.7 Å². The van der Waals surface area contributed by atoms with Crippen molar-refractivity contribution in [3.63, 3.8) is 0 Å². The highest BCUT2D eigenvalue weighted by atomic mass is 19.1. The largest absolute Gasteiger partial charge is 0.359 e. The molecular formula is C19H25FN2O. The number of aromatic nitrogens is 1. The Hall–Kier alpha value is -1.97. The number of benzene rings is 1. The summed E-state index contributed by atoms with van der Waals surface area (Å²) >= 11 is 0. The number of fused-ring (bicyclic) bond motifs is 1. The van der Waals surface area contributed by atoms with E-state index in [-0.39, 0.29) is 11.2 Å². The number of halogens is 1. The minimum atomic E-state index is -0.675. The van der Waals surface area contributed by atoms with Gasteiger partial charge in [0.2, 0.25) is 0 Å². The summed E-state index contributed by atoms with van der Waals surface area (Å²) in [4.78, 5) is 15.9. The van der Waals surface area contributed by atoms with Gasteiger partial charge in [-0.05, 0) is 49.1 Å². The second-order valence-corrected chi connectivity index (χ2v) is 7.76. The van der Waals surface area contributed by atoms with Gasteiger partial charge in [0.15, 0.2) is 5.78 Å². The van der Waals surface area contributed by atoms with Crippen molar-refractivity contribution in [2.24, 2.45) is 10.8 Å². The molecule has 0 saturated heterocycles. The molecule has 23 heavy (non-hydrogen) atoms. The first-order valence-electron chi connectivity index (χ1n) is 7.97. The van der Waals surface area contributed by atoms with E-state index in [0.717, 1.165) is 6.42 Å². The maximum Gasteiger partial charge on any atom is 0.169 e. The van der Waals surface area contributed by atoms with E-state index < -0.39 is 11.2 Å². The van der Waals surface area contributed by atoms with Gasteiger partial charge in [-0.25, -0.2) is 4.39 Å². The van der Waals surface area contributed by atoms with Crippen molar-refractivity contribution in [3.8, 4) is 0 Å². The lowest BCUT2D eigenvalue weighted by atomic mass is 9.72. The average molecular weight is 316 g/mol. The number of ketones is 1. The van der Waals surface area contributed by atoms with E-state index in [4.69, 9.17) is 5.41 Å². The molecule has 0 saturated carbocycles. The van der Waals surface area contributed by atoms with Gasteiger partial charge in [-0.15, -0.1) is 0 Å². The van der Waals surface area contributed by atoms with Crippen LogP contribution in [0, 0.1) is 22.1 Å². The van der Waals surface area contributed by atoms with Crippen LogP contribution in [0.3, 0.4) is 0 Å². The summed E-state index contributed by atoms with van der Waals surface area (Å²) in [5, 5.41) is 8.14. The first kappa shape index (κ1) is 17.4. The zero-order valence-electron chi connectivity index (χ0n) is 14.3. The van der Waals surface area contributed by atoms with Crippen LogP contribution in [0.2, 0.25) is 0 Å². The molecule has 1 aromatic carbocycles. The van der Waals surface area contributed by atoms with Crippen LogP contribution in [0.15, 0.2) is 24.4 Å². The smallest absolute Gasteiger partial charge is 0.169 e. The van der Waals surface area contributed by atoms with Crippen LogP contribution in [-0.2, 0) is 0 Å². The molecule has 0 radical (unpaired) electrons. The van der Waals surface area contributed by atoms with Crippen molar-refractivity contribution in [1.29, 1.82) is 5.41 Å². The van der Waals surface area contributed by atoms with Gasteiger partial charge >= 0.3 is 0 Å². The summed E-state index contributed by atoms with van der Waals surface area (Å²) in [7, 11) is 0. The van der Waals surface area contributed by atoms with Crippen LogP contribution in [0.25, 0.3) is 10.9 Å². The van der Waals surface area contributed by atoms with E-state index in [9.17, 15) is 9.18 Å². The number of hydrogen-bond acceptors (Lipinski definition) is 2. The Morgan fingerprint density at radius 2 is 1.96 bits per heavy atom. The Kier molecular flexibility index (Phi) is 4.73. The molecule has 3 nitrogen and oxygen atoms in total. The highest BCUT2D eigenvalue weighted by Gasteiger charge is 2.34. The second kappa shape index (κ2) is 6.26. The molecule has 124 valence electrons. The number of H-pyrrole nitrogens is 1. The molecule has 0 unspecified atom stereocenters. The van der Waals surface area contributed by atoms with Crippen molar-refractivity contribution in [3.05, 3.63) is 35.8 Å². The fourth-order valence-electron chi connectivity index (χ4n) is 2.79. The normalized spacial score (nSPS) is 14.7. The number of Topliss-reactive ketones (excluding diaryl/α,β-unsaturated/α-hetero) is 1. The molecule has 2 N–H and O–H groups in total. The molecule has 2 aromatic rings. The fraction of sp³-hybridized carbons (Fsp3) is 0.474. The molecule has 2 rings (SSSR count). The summed E-state index contributed by atoms with van der Waals surface area (Å²) in [6.45, 7) is 8.28. The topological polar surface area (TPSA) is 56.7 Å². The van der Waals surface area contributed by atoms with E-state index in [0.29, 0.717) is 29.3 Å². The van der Waals surface area contributed by atoms with Crippen LogP contribution in [0.4, 0.5) is 4.39 Å². The molecule has 0 fully saturated rings. The molecule has 0 aliphatic carbocycles. The highest BCUT2D eigenvalue weighted by Crippen LogP contribution is 2.36. The first-order valence-corrected chi connectivity index (χ1v) is 7.97. The number of rotatable bonds is 6. The monoisotopic (exact) mass is 316 g/mol. The lowest BCUT2D eigenvalue weighted by Gasteiger charge is -2.30. The fourth-order valence-corrected chi connectivity index (χ4v) is 2.79. The molecule has 1 aromatic heterocycles. The summed E-state index contributed by atoms with van der Waals surface area (Å²) in [6, 6.07) is 4.80. The van der Waals surface area contributed by atoms with E-state index >= 15 is 0 Å². The Morgan fingerprint density at radius 1 is 1.26 bits per heavy atom. The minimum Gasteiger partial charge on any atom is -0.359 e. The molecule has 0 bridgehead atoms. The van der Waals surface area contributed by atoms with Gasteiger partial charge < -0.3 is 10.4 Å². The minimum absolute atomic E-state index is 0.0905. The predicted molar refractivity (Wildman–Crippen MR) is 92.8 cm³/mol. The molecule has 0 aliphatic rings.